The number of aromatic nitrogens is 1. The summed E-state index contributed by atoms with van der Waals surface area (Å²) in [5, 5.41) is 9.02. The first-order chi connectivity index (χ1) is 7.31. The highest BCUT2D eigenvalue weighted by molar-refractivity contribution is 5.04. The van der Waals surface area contributed by atoms with Crippen LogP contribution in [0.1, 0.15) is 62.5 Å². The van der Waals surface area contributed by atoms with Crippen molar-refractivity contribution in [2.45, 2.75) is 50.9 Å². The third-order valence-electron chi connectivity index (χ3n) is 3.26. The number of rotatable bonds is 3. The first kappa shape index (κ1) is 10.7. The van der Waals surface area contributed by atoms with Gasteiger partial charge in [-0.15, -0.1) is 0 Å². The lowest BCUT2D eigenvalue weighted by atomic mass is 9.89. The average molecular weight is 209 g/mol. The van der Waals surface area contributed by atoms with E-state index in [1.54, 1.807) is 6.20 Å². The molecule has 1 heterocycles. The molecule has 1 aromatic heterocycles. The lowest BCUT2D eigenvalue weighted by molar-refractivity contribution is 0.251. The lowest BCUT2D eigenvalue weighted by Crippen LogP contribution is -2.04. The van der Waals surface area contributed by atoms with E-state index in [0.717, 1.165) is 11.7 Å². The van der Waals surface area contributed by atoms with E-state index in [-0.39, 0.29) is 12.5 Å². The predicted molar refractivity (Wildman–Crippen MR) is 57.8 cm³/mol. The number of oxazole rings is 1. The van der Waals surface area contributed by atoms with Crippen molar-refractivity contribution in [2.24, 2.45) is 0 Å². The van der Waals surface area contributed by atoms with Gasteiger partial charge in [0.25, 0.3) is 0 Å². The fourth-order valence-corrected chi connectivity index (χ4v) is 2.16. The zero-order valence-corrected chi connectivity index (χ0v) is 9.28. The van der Waals surface area contributed by atoms with Crippen LogP contribution < -0.4 is 0 Å². The second kappa shape index (κ2) is 4.79. The number of aliphatic hydroxyl groups is 1. The standard InChI is InChI=1S/C12H19NO2/c1-9(8-14)11-7-13-12(15-11)10-5-3-2-4-6-10/h7,9-10,14H,2-6,8H2,1H3. The summed E-state index contributed by atoms with van der Waals surface area (Å²) in [4.78, 5) is 4.33. The number of nitrogens with zero attached hydrogens (tertiary/aromatic N) is 1. The van der Waals surface area contributed by atoms with E-state index in [2.05, 4.69) is 4.98 Å². The molecule has 3 nitrogen and oxygen atoms in total. The molecule has 3 heteroatoms. The number of hydrogen-bond acceptors (Lipinski definition) is 3. The predicted octanol–water partition coefficient (Wildman–Crippen LogP) is 2.82. The van der Waals surface area contributed by atoms with Crippen LogP contribution in [0.5, 0.6) is 0 Å². The summed E-state index contributed by atoms with van der Waals surface area (Å²) < 4.78 is 5.70. The Morgan fingerprint density at radius 2 is 2.20 bits per heavy atom. The first-order valence-corrected chi connectivity index (χ1v) is 5.87. The van der Waals surface area contributed by atoms with E-state index in [0.29, 0.717) is 5.92 Å². The lowest BCUT2D eigenvalue weighted by Gasteiger charge is -2.18. The van der Waals surface area contributed by atoms with Crippen LogP contribution >= 0.6 is 0 Å². The van der Waals surface area contributed by atoms with Gasteiger partial charge in [-0.25, -0.2) is 4.98 Å². The Morgan fingerprint density at radius 1 is 1.47 bits per heavy atom. The third kappa shape index (κ3) is 2.40. The van der Waals surface area contributed by atoms with Gasteiger partial charge in [-0.05, 0) is 12.8 Å². The second-order valence-corrected chi connectivity index (χ2v) is 4.52. The Bertz CT molecular complexity index is 302. The van der Waals surface area contributed by atoms with E-state index in [4.69, 9.17) is 9.52 Å². The summed E-state index contributed by atoms with van der Waals surface area (Å²) in [5.41, 5.74) is 0. The average Bonchev–Trinajstić information content (AvgIpc) is 2.78. The molecule has 1 N–H and O–H groups in total. The molecule has 1 aromatic rings. The third-order valence-corrected chi connectivity index (χ3v) is 3.26. The molecule has 0 spiro atoms. The van der Waals surface area contributed by atoms with Crippen LogP contribution in [-0.4, -0.2) is 16.7 Å². The van der Waals surface area contributed by atoms with E-state index in [1.165, 1.54) is 32.1 Å². The Balaban J connectivity index is 2.05. The van der Waals surface area contributed by atoms with Gasteiger partial charge in [0.1, 0.15) is 5.76 Å². The summed E-state index contributed by atoms with van der Waals surface area (Å²) in [6, 6.07) is 0. The van der Waals surface area contributed by atoms with E-state index < -0.39 is 0 Å². The Kier molecular flexibility index (Phi) is 3.41. The summed E-state index contributed by atoms with van der Waals surface area (Å²) >= 11 is 0. The van der Waals surface area contributed by atoms with Crippen molar-refractivity contribution >= 4 is 0 Å². The summed E-state index contributed by atoms with van der Waals surface area (Å²) in [6.07, 6.45) is 8.10. The Labute approximate surface area is 90.5 Å². The largest absolute Gasteiger partial charge is 0.445 e. The van der Waals surface area contributed by atoms with Gasteiger partial charge in [0.2, 0.25) is 0 Å². The molecule has 2 rings (SSSR count). The molecular formula is C12H19NO2. The summed E-state index contributed by atoms with van der Waals surface area (Å²) in [7, 11) is 0. The smallest absolute Gasteiger partial charge is 0.197 e. The fraction of sp³-hybridized carbons (Fsp3) is 0.750. The van der Waals surface area contributed by atoms with Gasteiger partial charge >= 0.3 is 0 Å². The molecule has 1 aliphatic rings. The molecule has 0 amide bonds. The van der Waals surface area contributed by atoms with Crippen molar-refractivity contribution in [3.8, 4) is 0 Å². The van der Waals surface area contributed by atoms with Crippen molar-refractivity contribution < 1.29 is 9.52 Å². The van der Waals surface area contributed by atoms with Crippen LogP contribution in [0.2, 0.25) is 0 Å². The van der Waals surface area contributed by atoms with Gasteiger partial charge in [-0.1, -0.05) is 26.2 Å². The number of aliphatic hydroxyl groups excluding tert-OH is 1. The van der Waals surface area contributed by atoms with Crippen molar-refractivity contribution in [3.63, 3.8) is 0 Å². The van der Waals surface area contributed by atoms with Crippen LogP contribution in [0.25, 0.3) is 0 Å². The highest BCUT2D eigenvalue weighted by Crippen LogP contribution is 2.32. The van der Waals surface area contributed by atoms with E-state index in [1.807, 2.05) is 6.92 Å². The van der Waals surface area contributed by atoms with Gasteiger partial charge in [-0.3, -0.25) is 0 Å². The Morgan fingerprint density at radius 3 is 2.87 bits per heavy atom. The SMILES string of the molecule is CC(CO)c1cnc(C2CCCCC2)o1. The molecule has 1 saturated carbocycles. The number of hydrogen-bond donors (Lipinski definition) is 1. The minimum Gasteiger partial charge on any atom is -0.445 e. The molecule has 0 radical (unpaired) electrons. The quantitative estimate of drug-likeness (QED) is 0.832. The van der Waals surface area contributed by atoms with Crippen LogP contribution in [-0.2, 0) is 0 Å². The highest BCUT2D eigenvalue weighted by Gasteiger charge is 2.21. The van der Waals surface area contributed by atoms with Crippen molar-refractivity contribution in [2.75, 3.05) is 6.61 Å². The molecule has 0 aromatic carbocycles. The molecule has 1 fully saturated rings. The maximum absolute atomic E-state index is 9.02. The molecule has 1 atom stereocenters. The molecule has 0 bridgehead atoms. The second-order valence-electron chi connectivity index (χ2n) is 4.52. The maximum Gasteiger partial charge on any atom is 0.197 e. The van der Waals surface area contributed by atoms with Gasteiger partial charge < -0.3 is 9.52 Å². The molecule has 1 unspecified atom stereocenters. The van der Waals surface area contributed by atoms with Crippen LogP contribution in [0.4, 0.5) is 0 Å². The van der Waals surface area contributed by atoms with Gasteiger partial charge in [0.05, 0.1) is 12.8 Å². The van der Waals surface area contributed by atoms with Crippen LogP contribution in [0.3, 0.4) is 0 Å². The minimum atomic E-state index is 0.0647. The van der Waals surface area contributed by atoms with Crippen LogP contribution in [0, 0.1) is 0 Å². The molecule has 1 aliphatic carbocycles. The zero-order valence-electron chi connectivity index (χ0n) is 9.28. The topological polar surface area (TPSA) is 46.3 Å². The monoisotopic (exact) mass is 209 g/mol. The minimum absolute atomic E-state index is 0.0647. The molecule has 84 valence electrons. The Hall–Kier alpha value is -0.830. The first-order valence-electron chi connectivity index (χ1n) is 5.87. The zero-order chi connectivity index (χ0) is 10.7. The fourth-order valence-electron chi connectivity index (χ4n) is 2.16. The van der Waals surface area contributed by atoms with Gasteiger partial charge in [0.15, 0.2) is 5.89 Å². The van der Waals surface area contributed by atoms with Crippen molar-refractivity contribution in [3.05, 3.63) is 17.8 Å². The molecule has 0 aliphatic heterocycles. The van der Waals surface area contributed by atoms with E-state index >= 15 is 0 Å². The van der Waals surface area contributed by atoms with Crippen molar-refractivity contribution in [1.82, 2.24) is 4.98 Å². The molecule has 15 heavy (non-hydrogen) atoms. The summed E-state index contributed by atoms with van der Waals surface area (Å²) in [5.74, 6) is 2.27. The maximum atomic E-state index is 9.02. The highest BCUT2D eigenvalue weighted by atomic mass is 16.4. The van der Waals surface area contributed by atoms with Gasteiger partial charge in [-0.2, -0.15) is 0 Å². The van der Waals surface area contributed by atoms with Crippen molar-refractivity contribution in [1.29, 1.82) is 0 Å². The van der Waals surface area contributed by atoms with Gasteiger partial charge in [0, 0.05) is 11.8 Å². The molecular weight excluding hydrogens is 190 g/mol. The summed E-state index contributed by atoms with van der Waals surface area (Å²) in [6.45, 7) is 2.07. The molecule has 0 saturated heterocycles. The van der Waals surface area contributed by atoms with E-state index in [9.17, 15) is 0 Å². The van der Waals surface area contributed by atoms with Crippen LogP contribution in [0.15, 0.2) is 10.6 Å². The normalized spacial score (nSPS) is 20.4.